The van der Waals surface area contributed by atoms with E-state index in [2.05, 4.69) is 10.0 Å². The van der Waals surface area contributed by atoms with Crippen molar-refractivity contribution in [2.75, 3.05) is 4.43 Å². The first-order valence-corrected chi connectivity index (χ1v) is 4.97. The average molecular weight is 297 g/mol. The van der Waals surface area contributed by atoms with E-state index in [0.29, 0.717) is 0 Å². The summed E-state index contributed by atoms with van der Waals surface area (Å²) in [5.41, 5.74) is 6.65. The van der Waals surface area contributed by atoms with Crippen LogP contribution in [0.2, 0.25) is 0 Å². The van der Waals surface area contributed by atoms with Gasteiger partial charge in [0.25, 0.3) is 0 Å². The molecule has 8 heteroatoms. The minimum atomic E-state index is -1.72. The van der Waals surface area contributed by atoms with Gasteiger partial charge in [-0.3, -0.25) is 0 Å². The minimum Gasteiger partial charge on any atom is -0.387 e. The van der Waals surface area contributed by atoms with Crippen molar-refractivity contribution in [2.24, 2.45) is 5.11 Å². The maximum absolute atomic E-state index is 13.0. The van der Waals surface area contributed by atoms with Gasteiger partial charge in [-0.15, -0.1) is 0 Å². The number of azide groups is 1. The zero-order valence-electron chi connectivity index (χ0n) is 6.47. The lowest BCUT2D eigenvalue weighted by atomic mass is 9.93. The molecule has 0 aromatic carbocycles. The standard InChI is InChI=1S/C5H6BFIN3O2/c6-4-2(7)3(12)5(1-8,13-4)10-11-9/h2-4,12H,1H2. The second kappa shape index (κ2) is 3.99. The van der Waals surface area contributed by atoms with Crippen molar-refractivity contribution in [3.63, 3.8) is 0 Å². The number of nitrogens with zero attached hydrogens (tertiary/aromatic N) is 3. The number of alkyl halides is 2. The third-order valence-electron chi connectivity index (χ3n) is 1.82. The number of ether oxygens (including phenoxy) is 1. The highest BCUT2D eigenvalue weighted by Gasteiger charge is 2.52. The third kappa shape index (κ3) is 1.76. The molecule has 1 N–H and O–H groups in total. The molecule has 0 spiro atoms. The van der Waals surface area contributed by atoms with Gasteiger partial charge in [-0.05, 0) is 5.53 Å². The maximum atomic E-state index is 13.0. The molecule has 0 bridgehead atoms. The van der Waals surface area contributed by atoms with Crippen LogP contribution >= 0.6 is 22.6 Å². The summed E-state index contributed by atoms with van der Waals surface area (Å²) < 4.78 is 18.1. The first-order valence-electron chi connectivity index (χ1n) is 3.45. The lowest BCUT2D eigenvalue weighted by Crippen LogP contribution is -2.41. The summed E-state index contributed by atoms with van der Waals surface area (Å²) in [5.74, 6) is 0. The Kier molecular flexibility index (Phi) is 3.39. The van der Waals surface area contributed by atoms with Crippen LogP contribution in [-0.4, -0.2) is 41.4 Å². The summed E-state index contributed by atoms with van der Waals surface area (Å²) in [4.78, 5) is 2.49. The van der Waals surface area contributed by atoms with Crippen LogP contribution in [0.5, 0.6) is 0 Å². The summed E-state index contributed by atoms with van der Waals surface area (Å²) in [6.07, 6.45) is -3.23. The monoisotopic (exact) mass is 297 g/mol. The highest BCUT2D eigenvalue weighted by atomic mass is 127. The van der Waals surface area contributed by atoms with Crippen LogP contribution < -0.4 is 0 Å². The molecular weight excluding hydrogens is 291 g/mol. The van der Waals surface area contributed by atoms with E-state index in [1.807, 2.05) is 22.6 Å². The first-order chi connectivity index (χ1) is 6.07. The number of aliphatic hydroxyl groups excluding tert-OH is 1. The van der Waals surface area contributed by atoms with E-state index in [1.54, 1.807) is 0 Å². The van der Waals surface area contributed by atoms with Gasteiger partial charge >= 0.3 is 0 Å². The summed E-state index contributed by atoms with van der Waals surface area (Å²) in [6.45, 7) is 0. The fourth-order valence-corrected chi connectivity index (χ4v) is 1.88. The predicted molar refractivity (Wildman–Crippen MR) is 52.3 cm³/mol. The highest BCUT2D eigenvalue weighted by molar-refractivity contribution is 14.1. The second-order valence-electron chi connectivity index (χ2n) is 2.64. The van der Waals surface area contributed by atoms with E-state index in [1.165, 1.54) is 0 Å². The molecule has 0 amide bonds. The first kappa shape index (κ1) is 11.0. The zero-order valence-corrected chi connectivity index (χ0v) is 8.63. The molecule has 2 radical (unpaired) electrons. The van der Waals surface area contributed by atoms with Crippen molar-refractivity contribution in [1.29, 1.82) is 0 Å². The van der Waals surface area contributed by atoms with Crippen molar-refractivity contribution in [2.45, 2.75) is 24.0 Å². The quantitative estimate of drug-likeness (QED) is 0.203. The molecule has 70 valence electrons. The molecule has 0 aliphatic carbocycles. The van der Waals surface area contributed by atoms with Crippen LogP contribution in [0.25, 0.3) is 10.4 Å². The van der Waals surface area contributed by atoms with E-state index >= 15 is 0 Å². The highest BCUT2D eigenvalue weighted by Crippen LogP contribution is 2.34. The average Bonchev–Trinajstić information content (AvgIpc) is 2.32. The minimum absolute atomic E-state index is 0.143. The van der Waals surface area contributed by atoms with Gasteiger partial charge in [0.05, 0.1) is 6.00 Å². The van der Waals surface area contributed by atoms with Gasteiger partial charge in [-0.1, -0.05) is 27.7 Å². The Morgan fingerprint density at radius 3 is 2.77 bits per heavy atom. The lowest BCUT2D eigenvalue weighted by Gasteiger charge is -2.23. The second-order valence-corrected chi connectivity index (χ2v) is 3.40. The molecule has 0 saturated carbocycles. The Hall–Kier alpha value is -0.0451. The van der Waals surface area contributed by atoms with Crippen LogP contribution in [0.3, 0.4) is 0 Å². The Bertz CT molecular complexity index is 252. The molecule has 1 aliphatic heterocycles. The Balaban J connectivity index is 2.95. The zero-order chi connectivity index (χ0) is 10.1. The Morgan fingerprint density at radius 1 is 1.85 bits per heavy atom. The normalized spacial score (nSPS) is 44.4. The van der Waals surface area contributed by atoms with Gasteiger partial charge in [-0.25, -0.2) is 4.39 Å². The van der Waals surface area contributed by atoms with E-state index in [-0.39, 0.29) is 4.43 Å². The van der Waals surface area contributed by atoms with Gasteiger partial charge in [0, 0.05) is 9.34 Å². The van der Waals surface area contributed by atoms with Crippen molar-refractivity contribution in [3.8, 4) is 0 Å². The summed E-state index contributed by atoms with van der Waals surface area (Å²) in [6, 6.07) is -1.24. The smallest absolute Gasteiger partial charge is 0.183 e. The van der Waals surface area contributed by atoms with Crippen molar-refractivity contribution < 1.29 is 14.2 Å². The van der Waals surface area contributed by atoms with Gasteiger partial charge in [0.2, 0.25) is 0 Å². The third-order valence-corrected chi connectivity index (χ3v) is 2.92. The van der Waals surface area contributed by atoms with Crippen molar-refractivity contribution in [1.82, 2.24) is 0 Å². The SMILES string of the molecule is [B]C1OC(CI)(N=[N+]=[N-])C(O)C1F. The molecule has 4 atom stereocenters. The van der Waals surface area contributed by atoms with Gasteiger partial charge in [0.15, 0.2) is 5.72 Å². The number of hydrogen-bond donors (Lipinski definition) is 1. The van der Waals surface area contributed by atoms with Gasteiger partial charge < -0.3 is 9.84 Å². The summed E-state index contributed by atoms with van der Waals surface area (Å²) >= 11 is 1.83. The lowest BCUT2D eigenvalue weighted by molar-refractivity contribution is -0.0422. The van der Waals surface area contributed by atoms with Crippen molar-refractivity contribution >= 4 is 30.4 Å². The van der Waals surface area contributed by atoms with Crippen LogP contribution in [0, 0.1) is 0 Å². The Labute approximate surface area is 88.8 Å². The van der Waals surface area contributed by atoms with Crippen LogP contribution in [0.4, 0.5) is 4.39 Å². The molecule has 1 heterocycles. The van der Waals surface area contributed by atoms with E-state index in [9.17, 15) is 9.50 Å². The number of aliphatic hydroxyl groups is 1. The molecule has 13 heavy (non-hydrogen) atoms. The van der Waals surface area contributed by atoms with Gasteiger partial charge in [0.1, 0.15) is 20.1 Å². The summed E-state index contributed by atoms with van der Waals surface area (Å²) in [7, 11) is 5.21. The molecule has 4 unspecified atom stereocenters. The number of hydrogen-bond acceptors (Lipinski definition) is 3. The topological polar surface area (TPSA) is 78.2 Å². The number of halogens is 2. The molecule has 1 fully saturated rings. The maximum Gasteiger partial charge on any atom is 0.183 e. The van der Waals surface area contributed by atoms with E-state index in [4.69, 9.17) is 18.1 Å². The molecule has 1 rings (SSSR count). The van der Waals surface area contributed by atoms with E-state index in [0.717, 1.165) is 0 Å². The van der Waals surface area contributed by atoms with Crippen LogP contribution in [-0.2, 0) is 4.74 Å². The molecule has 0 aromatic heterocycles. The van der Waals surface area contributed by atoms with E-state index < -0.39 is 24.0 Å². The fraction of sp³-hybridized carbons (Fsp3) is 1.00. The van der Waals surface area contributed by atoms with Crippen molar-refractivity contribution in [3.05, 3.63) is 10.4 Å². The van der Waals surface area contributed by atoms with Gasteiger partial charge in [-0.2, -0.15) is 0 Å². The molecule has 5 nitrogen and oxygen atoms in total. The fourth-order valence-electron chi connectivity index (χ4n) is 1.09. The van der Waals surface area contributed by atoms with Crippen LogP contribution in [0.1, 0.15) is 0 Å². The largest absolute Gasteiger partial charge is 0.387 e. The molecular formula is C5H6BFIN3O2. The molecule has 1 saturated heterocycles. The Morgan fingerprint density at radius 2 is 2.46 bits per heavy atom. The van der Waals surface area contributed by atoms with Crippen LogP contribution in [0.15, 0.2) is 5.11 Å². The summed E-state index contributed by atoms with van der Waals surface area (Å²) in [5, 5.41) is 12.6. The molecule has 1 aliphatic rings. The number of rotatable bonds is 2. The molecule has 0 aromatic rings. The predicted octanol–water partition coefficient (Wildman–Crippen LogP) is 0.652.